The molecule has 1 aromatic carbocycles. The third-order valence-electron chi connectivity index (χ3n) is 3.64. The average Bonchev–Trinajstić information content (AvgIpc) is 2.89. The molecular formula is C14H18FNO4. The maximum Gasteiger partial charge on any atom is 0.314 e. The first-order chi connectivity index (χ1) is 9.58. The van der Waals surface area contributed by atoms with E-state index < -0.39 is 28.3 Å². The van der Waals surface area contributed by atoms with Crippen LogP contribution in [0, 0.1) is 21.8 Å². The molecule has 1 aliphatic rings. The number of benzene rings is 1. The van der Waals surface area contributed by atoms with Crippen molar-refractivity contribution < 1.29 is 19.2 Å². The second kappa shape index (κ2) is 6.65. The predicted molar refractivity (Wildman–Crippen MR) is 71.1 cm³/mol. The van der Waals surface area contributed by atoms with E-state index in [1.807, 2.05) is 0 Å². The lowest BCUT2D eigenvalue weighted by Gasteiger charge is -2.16. The Morgan fingerprint density at radius 3 is 2.80 bits per heavy atom. The van der Waals surface area contributed by atoms with Gasteiger partial charge in [-0.25, -0.2) is 4.39 Å². The van der Waals surface area contributed by atoms with Crippen molar-refractivity contribution in [2.45, 2.75) is 38.2 Å². The van der Waals surface area contributed by atoms with Crippen LogP contribution in [0.3, 0.4) is 0 Å². The number of nitrogens with zero attached hydrogens (tertiary/aromatic N) is 1. The SMILES string of the molecule is O=[N+]([O-])c1cccc(F)c1OCC(O)CC1CCCC1. The van der Waals surface area contributed by atoms with Crippen molar-refractivity contribution in [2.24, 2.45) is 5.92 Å². The highest BCUT2D eigenvalue weighted by molar-refractivity contribution is 5.46. The smallest absolute Gasteiger partial charge is 0.314 e. The van der Waals surface area contributed by atoms with Gasteiger partial charge in [0.1, 0.15) is 6.61 Å². The molecule has 6 heteroatoms. The molecule has 0 aliphatic heterocycles. The Morgan fingerprint density at radius 2 is 2.15 bits per heavy atom. The van der Waals surface area contributed by atoms with Gasteiger partial charge in [-0.3, -0.25) is 10.1 Å². The Balaban J connectivity index is 1.94. The van der Waals surface area contributed by atoms with Gasteiger partial charge < -0.3 is 9.84 Å². The molecule has 1 aliphatic carbocycles. The lowest BCUT2D eigenvalue weighted by molar-refractivity contribution is -0.386. The lowest BCUT2D eigenvalue weighted by Crippen LogP contribution is -2.21. The summed E-state index contributed by atoms with van der Waals surface area (Å²) in [5.74, 6) is -0.709. The van der Waals surface area contributed by atoms with E-state index in [1.54, 1.807) is 0 Å². The first-order valence-corrected chi connectivity index (χ1v) is 6.81. The molecule has 110 valence electrons. The van der Waals surface area contributed by atoms with E-state index in [9.17, 15) is 19.6 Å². The van der Waals surface area contributed by atoms with Gasteiger partial charge in [0.15, 0.2) is 5.82 Å². The highest BCUT2D eigenvalue weighted by Crippen LogP contribution is 2.31. The van der Waals surface area contributed by atoms with Crippen molar-refractivity contribution in [3.05, 3.63) is 34.1 Å². The van der Waals surface area contributed by atoms with E-state index in [0.29, 0.717) is 12.3 Å². The number of aliphatic hydroxyl groups excluding tert-OH is 1. The largest absolute Gasteiger partial charge is 0.482 e. The molecule has 0 spiro atoms. The van der Waals surface area contributed by atoms with E-state index in [2.05, 4.69) is 0 Å². The second-order valence-corrected chi connectivity index (χ2v) is 5.20. The molecule has 20 heavy (non-hydrogen) atoms. The minimum atomic E-state index is -0.785. The summed E-state index contributed by atoms with van der Waals surface area (Å²) in [6.07, 6.45) is 4.42. The van der Waals surface area contributed by atoms with Crippen LogP contribution in [-0.4, -0.2) is 22.7 Å². The third-order valence-corrected chi connectivity index (χ3v) is 3.64. The van der Waals surface area contributed by atoms with Crippen LogP contribution in [0.2, 0.25) is 0 Å². The van der Waals surface area contributed by atoms with Crippen molar-refractivity contribution in [3.63, 3.8) is 0 Å². The van der Waals surface area contributed by atoms with Crippen LogP contribution in [0.25, 0.3) is 0 Å². The fourth-order valence-electron chi connectivity index (χ4n) is 2.66. The van der Waals surface area contributed by atoms with Gasteiger partial charge >= 0.3 is 5.69 Å². The number of nitro benzene ring substituents is 1. The predicted octanol–water partition coefficient (Wildman–Crippen LogP) is 3.05. The van der Waals surface area contributed by atoms with Crippen LogP contribution in [0.15, 0.2) is 18.2 Å². The molecule has 1 aromatic rings. The number of ether oxygens (including phenoxy) is 1. The maximum absolute atomic E-state index is 13.6. The number of para-hydroxylation sites is 1. The van der Waals surface area contributed by atoms with Gasteiger partial charge in [-0.05, 0) is 18.4 Å². The molecule has 1 atom stereocenters. The van der Waals surface area contributed by atoms with Crippen molar-refractivity contribution in [1.82, 2.24) is 0 Å². The van der Waals surface area contributed by atoms with Gasteiger partial charge in [0, 0.05) is 6.07 Å². The van der Waals surface area contributed by atoms with E-state index in [1.165, 1.54) is 25.0 Å². The Morgan fingerprint density at radius 1 is 1.45 bits per heavy atom. The molecule has 0 aromatic heterocycles. The topological polar surface area (TPSA) is 72.6 Å². The summed E-state index contributed by atoms with van der Waals surface area (Å²) < 4.78 is 18.7. The van der Waals surface area contributed by atoms with Crippen molar-refractivity contribution >= 4 is 5.69 Å². The summed E-state index contributed by atoms with van der Waals surface area (Å²) in [5.41, 5.74) is -0.418. The van der Waals surface area contributed by atoms with Crippen LogP contribution in [0.5, 0.6) is 5.75 Å². The van der Waals surface area contributed by atoms with Gasteiger partial charge in [0.2, 0.25) is 5.75 Å². The normalized spacial score (nSPS) is 17.1. The summed E-state index contributed by atoms with van der Waals surface area (Å²) in [6.45, 7) is -0.127. The van der Waals surface area contributed by atoms with Gasteiger partial charge in [-0.1, -0.05) is 31.7 Å². The summed E-state index contributed by atoms with van der Waals surface area (Å²) in [5, 5.41) is 20.7. The molecule has 1 unspecified atom stereocenters. The summed E-state index contributed by atoms with van der Waals surface area (Å²) >= 11 is 0. The van der Waals surface area contributed by atoms with Crippen LogP contribution >= 0.6 is 0 Å². The van der Waals surface area contributed by atoms with Crippen molar-refractivity contribution in [2.75, 3.05) is 6.61 Å². The molecule has 0 amide bonds. The number of hydrogen-bond donors (Lipinski definition) is 1. The monoisotopic (exact) mass is 283 g/mol. The highest BCUT2D eigenvalue weighted by atomic mass is 19.1. The van der Waals surface area contributed by atoms with Crippen LogP contribution in [0.4, 0.5) is 10.1 Å². The number of aliphatic hydroxyl groups is 1. The minimum Gasteiger partial charge on any atom is -0.482 e. The zero-order valence-electron chi connectivity index (χ0n) is 11.1. The van der Waals surface area contributed by atoms with E-state index >= 15 is 0 Å². The average molecular weight is 283 g/mol. The first-order valence-electron chi connectivity index (χ1n) is 6.81. The van der Waals surface area contributed by atoms with Crippen LogP contribution < -0.4 is 4.74 Å². The number of halogens is 1. The fraction of sp³-hybridized carbons (Fsp3) is 0.571. The molecule has 1 N–H and O–H groups in total. The Hall–Kier alpha value is -1.69. The number of nitro groups is 1. The van der Waals surface area contributed by atoms with Gasteiger partial charge in [0.05, 0.1) is 11.0 Å². The molecule has 1 fully saturated rings. The van der Waals surface area contributed by atoms with Gasteiger partial charge in [-0.2, -0.15) is 0 Å². The maximum atomic E-state index is 13.6. The lowest BCUT2D eigenvalue weighted by atomic mass is 10.0. The van der Waals surface area contributed by atoms with E-state index in [0.717, 1.165) is 18.9 Å². The molecule has 5 nitrogen and oxygen atoms in total. The third kappa shape index (κ3) is 3.66. The minimum absolute atomic E-state index is 0.127. The number of rotatable bonds is 6. The molecule has 0 bridgehead atoms. The zero-order chi connectivity index (χ0) is 14.5. The summed E-state index contributed by atoms with van der Waals surface area (Å²) in [7, 11) is 0. The Bertz CT molecular complexity index is 474. The van der Waals surface area contributed by atoms with Gasteiger partial charge in [-0.15, -0.1) is 0 Å². The molecule has 1 saturated carbocycles. The summed E-state index contributed by atoms with van der Waals surface area (Å²) in [6, 6.07) is 3.54. The molecule has 0 saturated heterocycles. The second-order valence-electron chi connectivity index (χ2n) is 5.20. The number of hydrogen-bond acceptors (Lipinski definition) is 4. The highest BCUT2D eigenvalue weighted by Gasteiger charge is 2.22. The molecule has 2 rings (SSSR count). The Labute approximate surface area is 116 Å². The quantitative estimate of drug-likeness (QED) is 0.643. The van der Waals surface area contributed by atoms with Crippen molar-refractivity contribution in [3.8, 4) is 5.75 Å². The standard InChI is InChI=1S/C14H18FNO4/c15-12-6-3-7-13(16(18)19)14(12)20-9-11(17)8-10-4-1-2-5-10/h3,6-7,10-11,17H,1-2,4-5,8-9H2. The molecule has 0 radical (unpaired) electrons. The zero-order valence-corrected chi connectivity index (χ0v) is 11.1. The van der Waals surface area contributed by atoms with E-state index in [4.69, 9.17) is 4.74 Å². The molecule has 0 heterocycles. The van der Waals surface area contributed by atoms with Crippen molar-refractivity contribution in [1.29, 1.82) is 0 Å². The van der Waals surface area contributed by atoms with Crippen LogP contribution in [0.1, 0.15) is 32.1 Å². The fourth-order valence-corrected chi connectivity index (χ4v) is 2.66. The van der Waals surface area contributed by atoms with Gasteiger partial charge in [0.25, 0.3) is 0 Å². The van der Waals surface area contributed by atoms with Crippen LogP contribution in [-0.2, 0) is 0 Å². The Kier molecular flexibility index (Phi) is 4.89. The van der Waals surface area contributed by atoms with E-state index in [-0.39, 0.29) is 6.61 Å². The first kappa shape index (κ1) is 14.7. The summed E-state index contributed by atoms with van der Waals surface area (Å²) in [4.78, 5) is 10.1. The molecular weight excluding hydrogens is 265 g/mol.